The van der Waals surface area contributed by atoms with E-state index in [2.05, 4.69) is 12.2 Å². The Balaban J connectivity index is 3.07. The normalized spacial score (nSPS) is 13.9. The van der Waals surface area contributed by atoms with Crippen molar-refractivity contribution in [1.29, 1.82) is 0 Å². The summed E-state index contributed by atoms with van der Waals surface area (Å²) in [5.74, 6) is 0. The summed E-state index contributed by atoms with van der Waals surface area (Å²) in [6.07, 6.45) is 1.65. The van der Waals surface area contributed by atoms with Gasteiger partial charge in [-0.05, 0) is 19.9 Å². The third-order valence-corrected chi connectivity index (χ3v) is 1.23. The van der Waals surface area contributed by atoms with Crippen LogP contribution in [0.25, 0.3) is 0 Å². The van der Waals surface area contributed by atoms with Crippen LogP contribution in [0, 0.1) is 6.92 Å². The Hall–Kier alpha value is -0.0800. The van der Waals surface area contributed by atoms with E-state index in [9.17, 15) is 0 Å². The van der Waals surface area contributed by atoms with Crippen LogP contribution in [0.15, 0.2) is 0 Å². The summed E-state index contributed by atoms with van der Waals surface area (Å²) < 4.78 is 0. The van der Waals surface area contributed by atoms with Gasteiger partial charge in [-0.2, -0.15) is 0 Å². The van der Waals surface area contributed by atoms with E-state index in [1.54, 1.807) is 0 Å². The zero-order valence-corrected chi connectivity index (χ0v) is 5.35. The Morgan fingerprint density at radius 1 is 1.75 bits per heavy atom. The topological polar surface area (TPSA) is 32.3 Å². The SMILES string of the molecule is [CH2]CC(CCO)NC. The molecule has 2 nitrogen and oxygen atoms in total. The molecule has 49 valence electrons. The van der Waals surface area contributed by atoms with Crippen LogP contribution in [0.5, 0.6) is 0 Å². The highest BCUT2D eigenvalue weighted by Gasteiger charge is 1.98. The van der Waals surface area contributed by atoms with Crippen molar-refractivity contribution in [2.75, 3.05) is 13.7 Å². The smallest absolute Gasteiger partial charge is 0.0445 e. The maximum absolute atomic E-state index is 8.43. The summed E-state index contributed by atoms with van der Waals surface area (Å²) in [7, 11) is 1.88. The summed E-state index contributed by atoms with van der Waals surface area (Å²) >= 11 is 0. The molecule has 8 heavy (non-hydrogen) atoms. The predicted octanol–water partition coefficient (Wildman–Crippen LogP) is 0.181. The minimum atomic E-state index is 0.251. The van der Waals surface area contributed by atoms with E-state index in [-0.39, 0.29) is 6.61 Å². The molecule has 1 atom stereocenters. The monoisotopic (exact) mass is 116 g/mol. The molecule has 0 aliphatic rings. The lowest BCUT2D eigenvalue weighted by molar-refractivity contribution is 0.268. The molecule has 0 aromatic carbocycles. The molecular weight excluding hydrogens is 102 g/mol. The Morgan fingerprint density at radius 3 is 2.50 bits per heavy atom. The second kappa shape index (κ2) is 5.06. The van der Waals surface area contributed by atoms with Gasteiger partial charge in [-0.15, -0.1) is 0 Å². The summed E-state index contributed by atoms with van der Waals surface area (Å²) in [5.41, 5.74) is 0. The zero-order chi connectivity index (χ0) is 6.41. The lowest BCUT2D eigenvalue weighted by Gasteiger charge is -2.09. The van der Waals surface area contributed by atoms with Gasteiger partial charge in [0.25, 0.3) is 0 Å². The second-order valence-corrected chi connectivity index (χ2v) is 1.79. The van der Waals surface area contributed by atoms with Crippen molar-refractivity contribution >= 4 is 0 Å². The third-order valence-electron chi connectivity index (χ3n) is 1.23. The van der Waals surface area contributed by atoms with Crippen LogP contribution < -0.4 is 5.32 Å². The molecule has 0 saturated carbocycles. The molecule has 2 heteroatoms. The highest BCUT2D eigenvalue weighted by molar-refractivity contribution is 4.63. The Bertz CT molecular complexity index is 43.8. The quantitative estimate of drug-likeness (QED) is 0.549. The molecule has 0 saturated heterocycles. The van der Waals surface area contributed by atoms with Crippen LogP contribution in [-0.4, -0.2) is 24.8 Å². The van der Waals surface area contributed by atoms with Gasteiger partial charge in [-0.25, -0.2) is 0 Å². The fourth-order valence-electron chi connectivity index (χ4n) is 0.589. The van der Waals surface area contributed by atoms with E-state index < -0.39 is 0 Å². The summed E-state index contributed by atoms with van der Waals surface area (Å²) in [5, 5.41) is 11.5. The lowest BCUT2D eigenvalue weighted by atomic mass is 10.2. The average molecular weight is 116 g/mol. The van der Waals surface area contributed by atoms with Gasteiger partial charge in [0, 0.05) is 12.6 Å². The summed E-state index contributed by atoms with van der Waals surface area (Å²) in [6.45, 7) is 3.95. The highest BCUT2D eigenvalue weighted by Crippen LogP contribution is 1.92. The first kappa shape index (κ1) is 7.92. The number of aliphatic hydroxyl groups is 1. The fraction of sp³-hybridized carbons (Fsp3) is 0.833. The van der Waals surface area contributed by atoms with Gasteiger partial charge in [0.15, 0.2) is 0 Å². The molecule has 1 unspecified atom stereocenters. The van der Waals surface area contributed by atoms with Crippen LogP contribution in [0.3, 0.4) is 0 Å². The molecule has 0 amide bonds. The molecule has 0 bridgehead atoms. The van der Waals surface area contributed by atoms with E-state index in [4.69, 9.17) is 5.11 Å². The van der Waals surface area contributed by atoms with Crippen molar-refractivity contribution in [2.45, 2.75) is 18.9 Å². The zero-order valence-electron chi connectivity index (χ0n) is 5.35. The molecule has 2 N–H and O–H groups in total. The van der Waals surface area contributed by atoms with E-state index in [1.807, 2.05) is 7.05 Å². The van der Waals surface area contributed by atoms with Crippen molar-refractivity contribution < 1.29 is 5.11 Å². The van der Waals surface area contributed by atoms with E-state index in [0.717, 1.165) is 12.8 Å². The number of aliphatic hydroxyl groups excluding tert-OH is 1. The molecular formula is C6H14NO. The fourth-order valence-corrected chi connectivity index (χ4v) is 0.589. The van der Waals surface area contributed by atoms with Gasteiger partial charge >= 0.3 is 0 Å². The molecule has 0 aromatic heterocycles. The first-order valence-electron chi connectivity index (χ1n) is 2.92. The van der Waals surface area contributed by atoms with Crippen LogP contribution >= 0.6 is 0 Å². The van der Waals surface area contributed by atoms with Gasteiger partial charge in [0.2, 0.25) is 0 Å². The van der Waals surface area contributed by atoms with E-state index >= 15 is 0 Å². The molecule has 0 aliphatic carbocycles. The first-order valence-corrected chi connectivity index (χ1v) is 2.92. The number of hydrogen-bond acceptors (Lipinski definition) is 2. The molecule has 0 heterocycles. The van der Waals surface area contributed by atoms with Crippen molar-refractivity contribution in [1.82, 2.24) is 5.32 Å². The van der Waals surface area contributed by atoms with Crippen molar-refractivity contribution in [3.8, 4) is 0 Å². The van der Waals surface area contributed by atoms with Gasteiger partial charge in [0.1, 0.15) is 0 Å². The molecule has 0 rings (SSSR count). The minimum Gasteiger partial charge on any atom is -0.396 e. The second-order valence-electron chi connectivity index (χ2n) is 1.79. The molecule has 1 radical (unpaired) electrons. The Morgan fingerprint density at radius 2 is 2.38 bits per heavy atom. The standard InChI is InChI=1S/C6H14NO/c1-3-6(7-2)4-5-8/h6-8H,1,3-5H2,2H3. The molecule has 0 aliphatic heterocycles. The maximum Gasteiger partial charge on any atom is 0.0445 e. The van der Waals surface area contributed by atoms with Gasteiger partial charge in [0.05, 0.1) is 0 Å². The first-order chi connectivity index (χ1) is 3.85. The van der Waals surface area contributed by atoms with Crippen molar-refractivity contribution in [3.63, 3.8) is 0 Å². The summed E-state index contributed by atoms with van der Waals surface area (Å²) in [4.78, 5) is 0. The minimum absolute atomic E-state index is 0.251. The van der Waals surface area contributed by atoms with Crippen molar-refractivity contribution in [3.05, 3.63) is 6.92 Å². The van der Waals surface area contributed by atoms with Crippen LogP contribution in [0.2, 0.25) is 0 Å². The molecule has 0 fully saturated rings. The van der Waals surface area contributed by atoms with Gasteiger partial charge < -0.3 is 10.4 Å². The average Bonchev–Trinajstić information content (AvgIpc) is 1.83. The van der Waals surface area contributed by atoms with Crippen molar-refractivity contribution in [2.24, 2.45) is 0 Å². The van der Waals surface area contributed by atoms with Crippen LogP contribution in [0.4, 0.5) is 0 Å². The Kier molecular flexibility index (Phi) is 5.01. The molecule has 0 spiro atoms. The maximum atomic E-state index is 8.43. The summed E-state index contributed by atoms with van der Waals surface area (Å²) in [6, 6.07) is 0.389. The predicted molar refractivity (Wildman–Crippen MR) is 34.5 cm³/mol. The third kappa shape index (κ3) is 2.99. The largest absolute Gasteiger partial charge is 0.396 e. The van der Waals surface area contributed by atoms with E-state index in [0.29, 0.717) is 6.04 Å². The van der Waals surface area contributed by atoms with Gasteiger partial charge in [-0.1, -0.05) is 6.92 Å². The number of nitrogens with one attached hydrogen (secondary N) is 1. The number of rotatable bonds is 4. The van der Waals surface area contributed by atoms with Crippen LogP contribution in [0.1, 0.15) is 12.8 Å². The molecule has 0 aromatic rings. The lowest BCUT2D eigenvalue weighted by Crippen LogP contribution is -2.25. The highest BCUT2D eigenvalue weighted by atomic mass is 16.3. The van der Waals surface area contributed by atoms with Crippen LogP contribution in [-0.2, 0) is 0 Å². The van der Waals surface area contributed by atoms with E-state index in [1.165, 1.54) is 0 Å². The van der Waals surface area contributed by atoms with Gasteiger partial charge in [-0.3, -0.25) is 0 Å². The number of hydrogen-bond donors (Lipinski definition) is 2. The Labute approximate surface area is 50.9 Å².